The Hall–Kier alpha value is -7.63. The summed E-state index contributed by atoms with van der Waals surface area (Å²) < 4.78 is 4.58. The third kappa shape index (κ3) is 5.29. The smallest absolute Gasteiger partial charge is 0.138 e. The van der Waals surface area contributed by atoms with Gasteiger partial charge in [0.1, 0.15) is 5.82 Å². The van der Waals surface area contributed by atoms with Crippen LogP contribution in [-0.2, 0) is 0 Å². The number of para-hydroxylation sites is 4. The molecule has 0 amide bonds. The second-order valence-electron chi connectivity index (χ2n) is 14.1. The van der Waals surface area contributed by atoms with E-state index in [9.17, 15) is 0 Å². The Labute approximate surface area is 323 Å². The van der Waals surface area contributed by atoms with Crippen LogP contribution in [0.1, 0.15) is 0 Å². The van der Waals surface area contributed by atoms with Crippen molar-refractivity contribution >= 4 is 43.6 Å². The van der Waals surface area contributed by atoms with Gasteiger partial charge in [0.2, 0.25) is 0 Å². The van der Waals surface area contributed by atoms with Crippen molar-refractivity contribution in [1.29, 1.82) is 0 Å². The van der Waals surface area contributed by atoms with E-state index in [0.717, 1.165) is 62.1 Å². The lowest BCUT2D eigenvalue weighted by Crippen LogP contribution is -1.99. The summed E-state index contributed by atoms with van der Waals surface area (Å²) in [6.07, 6.45) is 0. The average Bonchev–Trinajstić information content (AvgIpc) is 3.80. The van der Waals surface area contributed by atoms with Crippen LogP contribution in [0.4, 0.5) is 0 Å². The fourth-order valence-electron chi connectivity index (χ4n) is 8.16. The van der Waals surface area contributed by atoms with Gasteiger partial charge in [-0.15, -0.1) is 0 Å². The van der Waals surface area contributed by atoms with Crippen LogP contribution in [0.15, 0.2) is 200 Å². The highest BCUT2D eigenvalue weighted by atomic mass is 15.1. The van der Waals surface area contributed by atoms with Crippen molar-refractivity contribution in [3.05, 3.63) is 200 Å². The van der Waals surface area contributed by atoms with Gasteiger partial charge in [0.25, 0.3) is 0 Å². The Kier molecular flexibility index (Phi) is 7.42. The summed E-state index contributed by atoms with van der Waals surface area (Å²) >= 11 is 0. The van der Waals surface area contributed by atoms with Gasteiger partial charge in [-0.05, 0) is 83.9 Å². The van der Waals surface area contributed by atoms with E-state index in [1.54, 1.807) is 0 Å². The number of aromatic nitrogens is 5. The number of hydrogen-bond acceptors (Lipinski definition) is 3. The van der Waals surface area contributed by atoms with Crippen LogP contribution in [0.25, 0.3) is 100 Å². The maximum absolute atomic E-state index is 5.14. The van der Waals surface area contributed by atoms with Crippen molar-refractivity contribution in [1.82, 2.24) is 24.1 Å². The molecule has 0 radical (unpaired) electrons. The molecule has 0 aliphatic carbocycles. The quantitative estimate of drug-likeness (QED) is 0.172. The standard InChI is InChI=1S/C51H33N5/c1-5-21-47-38(12-1)39-13-2-6-22-48(39)55(47)37-32-30-35(31-33-37)34-26-28-36(29-27-34)42-16-9-17-43(52-42)44-18-10-19-45(53-44)46-20-11-25-51(54-46)56-49-23-7-3-14-40(49)41-15-4-8-24-50(41)56/h1-33H. The Balaban J connectivity index is 0.874. The normalized spacial score (nSPS) is 11.6. The Bertz CT molecular complexity index is 3140. The van der Waals surface area contributed by atoms with Gasteiger partial charge >= 0.3 is 0 Å². The van der Waals surface area contributed by atoms with Gasteiger partial charge in [-0.25, -0.2) is 15.0 Å². The van der Waals surface area contributed by atoms with Crippen molar-refractivity contribution < 1.29 is 0 Å². The summed E-state index contributed by atoms with van der Waals surface area (Å²) in [5, 5.41) is 4.95. The minimum absolute atomic E-state index is 0.797. The molecule has 0 unspecified atom stereocenters. The Morgan fingerprint density at radius 2 is 0.607 bits per heavy atom. The fraction of sp³-hybridized carbons (Fsp3) is 0. The average molecular weight is 716 g/mol. The Morgan fingerprint density at radius 3 is 1.11 bits per heavy atom. The van der Waals surface area contributed by atoms with E-state index in [1.807, 2.05) is 30.3 Å². The second kappa shape index (κ2) is 13.0. The topological polar surface area (TPSA) is 48.5 Å². The van der Waals surface area contributed by atoms with Crippen LogP contribution in [0.5, 0.6) is 0 Å². The van der Waals surface area contributed by atoms with Crippen LogP contribution in [-0.4, -0.2) is 24.1 Å². The highest BCUT2D eigenvalue weighted by Gasteiger charge is 2.15. The van der Waals surface area contributed by atoms with Crippen molar-refractivity contribution in [3.8, 4) is 56.7 Å². The first-order valence-electron chi connectivity index (χ1n) is 18.9. The molecule has 0 aliphatic heterocycles. The molecule has 0 saturated heterocycles. The van der Waals surface area contributed by atoms with Crippen LogP contribution >= 0.6 is 0 Å². The summed E-state index contributed by atoms with van der Waals surface area (Å²) in [5.41, 5.74) is 13.3. The molecular weight excluding hydrogens is 683 g/mol. The predicted molar refractivity (Wildman–Crippen MR) is 230 cm³/mol. The lowest BCUT2D eigenvalue weighted by molar-refractivity contribution is 1.08. The molecule has 0 atom stereocenters. The molecule has 5 heteroatoms. The molecule has 0 fully saturated rings. The molecule has 56 heavy (non-hydrogen) atoms. The predicted octanol–water partition coefficient (Wildman–Crippen LogP) is 12.7. The number of fused-ring (bicyclic) bond motifs is 6. The van der Waals surface area contributed by atoms with Crippen molar-refractivity contribution in [2.75, 3.05) is 0 Å². The second-order valence-corrected chi connectivity index (χ2v) is 14.1. The molecule has 0 aliphatic rings. The lowest BCUT2D eigenvalue weighted by Gasteiger charge is -2.10. The van der Waals surface area contributed by atoms with Crippen molar-refractivity contribution in [2.45, 2.75) is 0 Å². The maximum Gasteiger partial charge on any atom is 0.138 e. The summed E-state index contributed by atoms with van der Waals surface area (Å²) in [7, 11) is 0. The third-order valence-corrected chi connectivity index (χ3v) is 10.8. The van der Waals surface area contributed by atoms with Gasteiger partial charge in [-0.2, -0.15) is 0 Å². The number of pyridine rings is 3. The van der Waals surface area contributed by atoms with E-state index in [-0.39, 0.29) is 0 Å². The van der Waals surface area contributed by atoms with Gasteiger partial charge in [0, 0.05) is 32.8 Å². The minimum atomic E-state index is 0.797. The maximum atomic E-state index is 5.14. The molecule has 5 aromatic heterocycles. The molecule has 5 heterocycles. The molecular formula is C51H33N5. The van der Waals surface area contributed by atoms with Gasteiger partial charge < -0.3 is 4.57 Å². The Morgan fingerprint density at radius 1 is 0.250 bits per heavy atom. The minimum Gasteiger partial charge on any atom is -0.309 e. The van der Waals surface area contributed by atoms with E-state index in [0.29, 0.717) is 0 Å². The monoisotopic (exact) mass is 715 g/mol. The van der Waals surface area contributed by atoms with Gasteiger partial charge in [0.15, 0.2) is 0 Å². The first kappa shape index (κ1) is 31.9. The largest absolute Gasteiger partial charge is 0.309 e. The third-order valence-electron chi connectivity index (χ3n) is 10.8. The molecule has 0 bridgehead atoms. The first-order chi connectivity index (χ1) is 27.8. The zero-order chi connectivity index (χ0) is 37.0. The van der Waals surface area contributed by atoms with Crippen LogP contribution in [0, 0.1) is 0 Å². The molecule has 0 N–H and O–H groups in total. The summed E-state index contributed by atoms with van der Waals surface area (Å²) in [6.45, 7) is 0. The molecule has 262 valence electrons. The summed E-state index contributed by atoms with van der Waals surface area (Å²) in [5.74, 6) is 0.856. The summed E-state index contributed by atoms with van der Waals surface area (Å²) in [4.78, 5) is 15.3. The van der Waals surface area contributed by atoms with Crippen molar-refractivity contribution in [2.24, 2.45) is 0 Å². The summed E-state index contributed by atoms with van der Waals surface area (Å²) in [6, 6.07) is 70.0. The lowest BCUT2D eigenvalue weighted by atomic mass is 10.0. The van der Waals surface area contributed by atoms with Crippen LogP contribution < -0.4 is 0 Å². The molecule has 6 aromatic carbocycles. The zero-order valence-corrected chi connectivity index (χ0v) is 30.3. The highest BCUT2D eigenvalue weighted by molar-refractivity contribution is 6.10. The van der Waals surface area contributed by atoms with Gasteiger partial charge in [0.05, 0.1) is 50.5 Å². The molecule has 11 rings (SSSR count). The van der Waals surface area contributed by atoms with Gasteiger partial charge in [-0.1, -0.05) is 127 Å². The molecule has 0 spiro atoms. The fourth-order valence-corrected chi connectivity index (χ4v) is 8.16. The number of nitrogens with zero attached hydrogens (tertiary/aromatic N) is 5. The zero-order valence-electron chi connectivity index (χ0n) is 30.3. The molecule has 11 aromatic rings. The van der Waals surface area contributed by atoms with E-state index in [2.05, 4.69) is 179 Å². The van der Waals surface area contributed by atoms with E-state index >= 15 is 0 Å². The van der Waals surface area contributed by atoms with E-state index in [1.165, 1.54) is 38.1 Å². The molecule has 0 saturated carbocycles. The molecule has 5 nitrogen and oxygen atoms in total. The van der Waals surface area contributed by atoms with Crippen LogP contribution in [0.3, 0.4) is 0 Å². The van der Waals surface area contributed by atoms with E-state index in [4.69, 9.17) is 15.0 Å². The SMILES string of the molecule is c1cc(-c2ccc(-c3ccc(-n4c5ccccc5c5ccccc54)cc3)cc2)nc(-c2cccc(-c3cccc(-n4c5ccccc5c5ccccc54)n3)n2)c1. The van der Waals surface area contributed by atoms with Crippen molar-refractivity contribution in [3.63, 3.8) is 0 Å². The highest BCUT2D eigenvalue weighted by Crippen LogP contribution is 2.34. The number of rotatable bonds is 6. The van der Waals surface area contributed by atoms with Gasteiger partial charge in [-0.3, -0.25) is 4.57 Å². The van der Waals surface area contributed by atoms with Crippen LogP contribution in [0.2, 0.25) is 0 Å². The number of benzene rings is 6. The first-order valence-corrected chi connectivity index (χ1v) is 18.9. The number of hydrogen-bond donors (Lipinski definition) is 0. The van der Waals surface area contributed by atoms with E-state index < -0.39 is 0 Å².